The van der Waals surface area contributed by atoms with Crippen molar-refractivity contribution in [1.29, 1.82) is 0 Å². The fourth-order valence-corrected chi connectivity index (χ4v) is 1.08. The molecule has 1 rings (SSSR count). The van der Waals surface area contributed by atoms with Crippen molar-refractivity contribution in [3.05, 3.63) is 23.8 Å². The molecule has 0 bridgehead atoms. The summed E-state index contributed by atoms with van der Waals surface area (Å²) in [4.78, 5) is 11.0. The Balaban J connectivity index is 3.15. The van der Waals surface area contributed by atoms with Crippen LogP contribution in [0.4, 0.5) is 0 Å². The number of primary amides is 1. The zero-order chi connectivity index (χ0) is 10.7. The average Bonchev–Trinajstić information content (AvgIpc) is 2.07. The molecular formula is C10H13NO3. The van der Waals surface area contributed by atoms with E-state index in [1.165, 1.54) is 12.1 Å². The van der Waals surface area contributed by atoms with E-state index in [9.17, 15) is 9.90 Å². The van der Waals surface area contributed by atoms with Gasteiger partial charge in [-0.25, -0.2) is 0 Å². The largest absolute Gasteiger partial charge is 0.504 e. The van der Waals surface area contributed by atoms with Crippen molar-refractivity contribution >= 4 is 5.91 Å². The molecule has 0 radical (unpaired) electrons. The molecule has 14 heavy (non-hydrogen) atoms. The number of ether oxygens (including phenoxy) is 1. The van der Waals surface area contributed by atoms with Crippen LogP contribution in [0.3, 0.4) is 0 Å². The number of nitrogens with two attached hydrogens (primary N) is 1. The molecule has 0 unspecified atom stereocenters. The second kappa shape index (κ2) is 4.00. The van der Waals surface area contributed by atoms with E-state index >= 15 is 0 Å². The van der Waals surface area contributed by atoms with Gasteiger partial charge in [-0.05, 0) is 26.0 Å². The van der Waals surface area contributed by atoms with Gasteiger partial charge in [0.1, 0.15) is 0 Å². The number of para-hydroxylation sites is 1. The number of benzene rings is 1. The summed E-state index contributed by atoms with van der Waals surface area (Å²) in [5.41, 5.74) is 5.32. The van der Waals surface area contributed by atoms with Crippen LogP contribution in [0.5, 0.6) is 11.5 Å². The van der Waals surface area contributed by atoms with E-state index in [2.05, 4.69) is 0 Å². The van der Waals surface area contributed by atoms with E-state index in [1.54, 1.807) is 19.9 Å². The van der Waals surface area contributed by atoms with Crippen LogP contribution in [0.1, 0.15) is 24.2 Å². The number of phenolic OH excluding ortho intramolecular Hbond substituents is 1. The summed E-state index contributed by atoms with van der Waals surface area (Å²) < 4.78 is 5.29. The van der Waals surface area contributed by atoms with E-state index in [4.69, 9.17) is 10.5 Å². The molecule has 0 atom stereocenters. The van der Waals surface area contributed by atoms with Crippen molar-refractivity contribution in [2.24, 2.45) is 5.73 Å². The molecule has 1 aromatic carbocycles. The number of phenols is 1. The van der Waals surface area contributed by atoms with Gasteiger partial charge in [-0.3, -0.25) is 4.79 Å². The summed E-state index contributed by atoms with van der Waals surface area (Å²) >= 11 is 0. The third-order valence-corrected chi connectivity index (χ3v) is 1.61. The average molecular weight is 195 g/mol. The Hall–Kier alpha value is -1.71. The van der Waals surface area contributed by atoms with E-state index in [-0.39, 0.29) is 23.2 Å². The molecule has 1 amide bonds. The number of carbonyl (C=O) groups excluding carboxylic acids is 1. The lowest BCUT2D eigenvalue weighted by atomic mass is 10.2. The molecule has 76 valence electrons. The van der Waals surface area contributed by atoms with Gasteiger partial charge in [0.05, 0.1) is 11.7 Å². The Morgan fingerprint density at radius 2 is 2.14 bits per heavy atom. The van der Waals surface area contributed by atoms with Crippen LogP contribution in [0, 0.1) is 0 Å². The lowest BCUT2D eigenvalue weighted by molar-refractivity contribution is 0.0993. The monoisotopic (exact) mass is 195 g/mol. The van der Waals surface area contributed by atoms with Gasteiger partial charge >= 0.3 is 0 Å². The first-order chi connectivity index (χ1) is 6.52. The third-order valence-electron chi connectivity index (χ3n) is 1.61. The van der Waals surface area contributed by atoms with Crippen molar-refractivity contribution < 1.29 is 14.6 Å². The quantitative estimate of drug-likeness (QED) is 0.763. The van der Waals surface area contributed by atoms with Crippen molar-refractivity contribution in [2.45, 2.75) is 20.0 Å². The van der Waals surface area contributed by atoms with Crippen molar-refractivity contribution in [2.75, 3.05) is 0 Å². The fourth-order valence-electron chi connectivity index (χ4n) is 1.08. The second-order valence-electron chi connectivity index (χ2n) is 3.18. The predicted octanol–water partition coefficient (Wildman–Crippen LogP) is 1.28. The van der Waals surface area contributed by atoms with Crippen molar-refractivity contribution in [3.8, 4) is 11.5 Å². The maximum atomic E-state index is 11.0. The summed E-state index contributed by atoms with van der Waals surface area (Å²) in [6.07, 6.45) is -0.124. The molecule has 1 aromatic rings. The molecule has 0 fully saturated rings. The van der Waals surface area contributed by atoms with Gasteiger partial charge in [0.25, 0.3) is 5.91 Å². The first kappa shape index (κ1) is 10.4. The maximum Gasteiger partial charge on any atom is 0.252 e. The Morgan fingerprint density at radius 3 is 2.64 bits per heavy atom. The van der Waals surface area contributed by atoms with Crippen LogP contribution in [-0.2, 0) is 0 Å². The van der Waals surface area contributed by atoms with Crippen LogP contribution < -0.4 is 10.5 Å². The molecule has 0 aliphatic carbocycles. The molecule has 0 aliphatic heterocycles. The Morgan fingerprint density at radius 1 is 1.50 bits per heavy atom. The molecule has 0 saturated carbocycles. The van der Waals surface area contributed by atoms with Crippen molar-refractivity contribution in [1.82, 2.24) is 0 Å². The van der Waals surface area contributed by atoms with Gasteiger partial charge in [-0.1, -0.05) is 6.07 Å². The van der Waals surface area contributed by atoms with Gasteiger partial charge < -0.3 is 15.6 Å². The first-order valence-corrected chi connectivity index (χ1v) is 4.30. The standard InChI is InChI=1S/C10H13NO3/c1-6(2)14-9-7(10(11)13)4-3-5-8(9)12/h3-6,12H,1-2H3,(H2,11,13). The number of hydrogen-bond donors (Lipinski definition) is 2. The van der Waals surface area contributed by atoms with Crippen LogP contribution in [0.15, 0.2) is 18.2 Å². The molecule has 0 aromatic heterocycles. The molecule has 0 aliphatic rings. The predicted molar refractivity (Wildman–Crippen MR) is 52.4 cm³/mol. The zero-order valence-corrected chi connectivity index (χ0v) is 8.15. The minimum atomic E-state index is -0.614. The summed E-state index contributed by atoms with van der Waals surface area (Å²) in [7, 11) is 0. The lowest BCUT2D eigenvalue weighted by Gasteiger charge is -2.13. The van der Waals surface area contributed by atoms with E-state index in [0.717, 1.165) is 0 Å². The normalized spacial score (nSPS) is 10.2. The summed E-state index contributed by atoms with van der Waals surface area (Å²) in [6.45, 7) is 3.61. The maximum absolute atomic E-state index is 11.0. The minimum absolute atomic E-state index is 0.0741. The molecule has 4 nitrogen and oxygen atoms in total. The van der Waals surface area contributed by atoms with Crippen LogP contribution in [-0.4, -0.2) is 17.1 Å². The fraction of sp³-hybridized carbons (Fsp3) is 0.300. The number of aromatic hydroxyl groups is 1. The lowest BCUT2D eigenvalue weighted by Crippen LogP contribution is -2.15. The molecule has 0 heterocycles. The second-order valence-corrected chi connectivity index (χ2v) is 3.18. The Kier molecular flexibility index (Phi) is 2.96. The highest BCUT2D eigenvalue weighted by Crippen LogP contribution is 2.30. The summed E-state index contributed by atoms with van der Waals surface area (Å²) in [5, 5.41) is 9.46. The smallest absolute Gasteiger partial charge is 0.252 e. The van der Waals surface area contributed by atoms with E-state index in [0.29, 0.717) is 0 Å². The Bertz CT molecular complexity index is 347. The Labute approximate surface area is 82.3 Å². The van der Waals surface area contributed by atoms with E-state index < -0.39 is 5.91 Å². The van der Waals surface area contributed by atoms with Crippen molar-refractivity contribution in [3.63, 3.8) is 0 Å². The molecule has 3 N–H and O–H groups in total. The highest BCUT2D eigenvalue weighted by molar-refractivity contribution is 5.96. The third kappa shape index (κ3) is 2.16. The molecule has 4 heteroatoms. The SMILES string of the molecule is CC(C)Oc1c(O)cccc1C(N)=O. The van der Waals surface area contributed by atoms with Crippen LogP contribution >= 0.6 is 0 Å². The van der Waals surface area contributed by atoms with Gasteiger partial charge in [0, 0.05) is 0 Å². The highest BCUT2D eigenvalue weighted by Gasteiger charge is 2.14. The van der Waals surface area contributed by atoms with Gasteiger partial charge in [-0.2, -0.15) is 0 Å². The summed E-state index contributed by atoms with van der Waals surface area (Å²) in [5.74, 6) is -0.540. The number of amides is 1. The topological polar surface area (TPSA) is 72.6 Å². The van der Waals surface area contributed by atoms with Gasteiger partial charge in [0.2, 0.25) is 0 Å². The van der Waals surface area contributed by atoms with Crippen LogP contribution in [0.2, 0.25) is 0 Å². The molecular weight excluding hydrogens is 182 g/mol. The van der Waals surface area contributed by atoms with E-state index in [1.807, 2.05) is 0 Å². The number of carbonyl (C=O) groups is 1. The molecule has 0 saturated heterocycles. The number of hydrogen-bond acceptors (Lipinski definition) is 3. The summed E-state index contributed by atoms with van der Waals surface area (Å²) in [6, 6.07) is 4.51. The zero-order valence-electron chi connectivity index (χ0n) is 8.15. The first-order valence-electron chi connectivity index (χ1n) is 4.30. The molecule has 0 spiro atoms. The van der Waals surface area contributed by atoms with Crippen LogP contribution in [0.25, 0.3) is 0 Å². The highest BCUT2D eigenvalue weighted by atomic mass is 16.5. The number of rotatable bonds is 3. The van der Waals surface area contributed by atoms with Gasteiger partial charge in [0.15, 0.2) is 11.5 Å². The minimum Gasteiger partial charge on any atom is -0.504 e. The van der Waals surface area contributed by atoms with Gasteiger partial charge in [-0.15, -0.1) is 0 Å².